The van der Waals surface area contributed by atoms with Gasteiger partial charge in [-0.15, -0.1) is 11.3 Å². The van der Waals surface area contributed by atoms with Gasteiger partial charge in [0.25, 0.3) is 23.8 Å². The molecule has 2 fully saturated rings. The zero-order chi connectivity index (χ0) is 28.9. The van der Waals surface area contributed by atoms with E-state index in [4.69, 9.17) is 0 Å². The predicted octanol–water partition coefficient (Wildman–Crippen LogP) is 5.82. The van der Waals surface area contributed by atoms with E-state index in [1.165, 1.54) is 4.90 Å². The molecule has 1 saturated heterocycles. The monoisotopic (exact) mass is 585 g/mol. The van der Waals surface area contributed by atoms with E-state index in [9.17, 15) is 49.8 Å². The lowest BCUT2D eigenvalue weighted by Gasteiger charge is -2.33. The first-order valence-electron chi connectivity index (χ1n) is 11.9. The summed E-state index contributed by atoms with van der Waals surface area (Å²) >= 11 is 0.526. The van der Waals surface area contributed by atoms with Crippen LogP contribution in [-0.2, 0) is 5.60 Å². The number of hydrogen-bond acceptors (Lipinski definition) is 5. The molecule has 1 aliphatic carbocycles. The number of likely N-dealkylation sites (tertiary alicyclic amines) is 1. The highest BCUT2D eigenvalue weighted by molar-refractivity contribution is 7.17. The van der Waals surface area contributed by atoms with E-state index in [0.717, 1.165) is 12.8 Å². The van der Waals surface area contributed by atoms with Crippen LogP contribution in [0, 0.1) is 5.92 Å². The third-order valence-electron chi connectivity index (χ3n) is 6.86. The van der Waals surface area contributed by atoms with Crippen molar-refractivity contribution in [2.75, 3.05) is 13.1 Å². The maximum atomic E-state index is 14.1. The lowest BCUT2D eigenvalue weighted by molar-refractivity contribution is -0.376. The Hall–Kier alpha value is -2.81. The number of carbonyl (C=O) groups excluding carboxylic acids is 2. The Balaban J connectivity index is 1.85. The Morgan fingerprint density at radius 3 is 2.28 bits per heavy atom. The highest BCUT2D eigenvalue weighted by Crippen LogP contribution is 2.51. The molecule has 4 rings (SSSR count). The van der Waals surface area contributed by atoms with Gasteiger partial charge in [0.1, 0.15) is 5.69 Å². The maximum absolute atomic E-state index is 14.1. The van der Waals surface area contributed by atoms with Gasteiger partial charge in [0.2, 0.25) is 0 Å². The molecule has 1 aromatic heterocycles. The number of amides is 2. The molecule has 39 heavy (non-hydrogen) atoms. The number of nitrogens with one attached hydrogen (secondary N) is 1. The summed E-state index contributed by atoms with van der Waals surface area (Å²) in [5.74, 6) is -1.13. The van der Waals surface area contributed by atoms with Gasteiger partial charge in [-0.05, 0) is 44.6 Å². The van der Waals surface area contributed by atoms with Crippen LogP contribution in [-0.4, -0.2) is 58.3 Å². The highest BCUT2D eigenvalue weighted by Gasteiger charge is 2.71. The maximum Gasteiger partial charge on any atom is 0.430 e. The molecule has 2 N–H and O–H groups in total. The average Bonchev–Trinajstić information content (AvgIpc) is 3.41. The minimum atomic E-state index is -6.28. The molecule has 15 heteroatoms. The van der Waals surface area contributed by atoms with Crippen LogP contribution in [0.25, 0.3) is 10.4 Å². The Labute approximate surface area is 221 Å². The molecule has 2 amide bonds. The molecule has 6 nitrogen and oxygen atoms in total. The molecule has 1 atom stereocenters. The molecule has 0 spiro atoms. The van der Waals surface area contributed by atoms with Crippen molar-refractivity contribution < 1.29 is 49.8 Å². The zero-order valence-electron chi connectivity index (χ0n) is 20.3. The highest BCUT2D eigenvalue weighted by atomic mass is 32.1. The van der Waals surface area contributed by atoms with E-state index in [-0.39, 0.29) is 34.0 Å². The summed E-state index contributed by atoms with van der Waals surface area (Å²) < 4.78 is 109. The fraction of sp³-hybridized carbons (Fsp3) is 0.542. The van der Waals surface area contributed by atoms with Gasteiger partial charge < -0.3 is 15.3 Å². The van der Waals surface area contributed by atoms with Gasteiger partial charge in [0.05, 0.1) is 4.88 Å². The molecule has 1 aromatic carbocycles. The molecular formula is C24H23F8N3O3S. The van der Waals surface area contributed by atoms with E-state index in [1.807, 2.05) is 0 Å². The molecule has 2 aromatic rings. The minimum Gasteiger partial charge on any atom is -0.369 e. The summed E-state index contributed by atoms with van der Waals surface area (Å²) in [7, 11) is 0. The fourth-order valence-electron chi connectivity index (χ4n) is 4.41. The lowest BCUT2D eigenvalue weighted by atomic mass is 9.89. The van der Waals surface area contributed by atoms with Crippen LogP contribution in [0.15, 0.2) is 18.2 Å². The van der Waals surface area contributed by atoms with E-state index in [2.05, 4.69) is 10.3 Å². The van der Waals surface area contributed by atoms with Gasteiger partial charge in [0.15, 0.2) is 5.01 Å². The predicted molar refractivity (Wildman–Crippen MR) is 123 cm³/mol. The SMILES string of the molecule is C[C@H]1CCCN1C(=O)c1nc(C(=O)NCC2CC2)sc1-c1ccc(C(O)(C(F)(F)F)C(F)(F)F)cc1C(F)F. The normalized spacial score (nSPS) is 18.6. The van der Waals surface area contributed by atoms with Crippen molar-refractivity contribution >= 4 is 23.2 Å². The summed E-state index contributed by atoms with van der Waals surface area (Å²) in [5.41, 5.74) is -9.57. The summed E-state index contributed by atoms with van der Waals surface area (Å²) in [6.45, 7) is 2.38. The van der Waals surface area contributed by atoms with Crippen LogP contribution in [0.1, 0.15) is 70.4 Å². The first-order valence-corrected chi connectivity index (χ1v) is 12.8. The van der Waals surface area contributed by atoms with Crippen molar-refractivity contribution in [2.24, 2.45) is 5.92 Å². The molecule has 0 radical (unpaired) electrons. The van der Waals surface area contributed by atoms with Crippen molar-refractivity contribution in [3.63, 3.8) is 0 Å². The number of nitrogens with zero attached hydrogens (tertiary/aromatic N) is 2. The molecule has 2 aliphatic rings. The fourth-order valence-corrected chi connectivity index (χ4v) is 5.43. The molecular weight excluding hydrogens is 562 g/mol. The third kappa shape index (κ3) is 5.47. The second-order valence-electron chi connectivity index (χ2n) is 9.65. The number of aliphatic hydroxyl groups is 1. The smallest absolute Gasteiger partial charge is 0.369 e. The van der Waals surface area contributed by atoms with Crippen molar-refractivity contribution in [3.05, 3.63) is 40.0 Å². The van der Waals surface area contributed by atoms with Crippen LogP contribution < -0.4 is 5.32 Å². The molecule has 2 heterocycles. The number of aromatic nitrogens is 1. The van der Waals surface area contributed by atoms with E-state index < -0.39 is 58.6 Å². The number of benzene rings is 1. The number of hydrogen-bond donors (Lipinski definition) is 2. The summed E-state index contributed by atoms with van der Waals surface area (Å²) in [6.07, 6.45) is -13.1. The van der Waals surface area contributed by atoms with Gasteiger partial charge >= 0.3 is 12.4 Å². The van der Waals surface area contributed by atoms with E-state index in [1.54, 1.807) is 6.92 Å². The first kappa shape index (κ1) is 29.2. The average molecular weight is 586 g/mol. The van der Waals surface area contributed by atoms with Crippen LogP contribution >= 0.6 is 11.3 Å². The minimum absolute atomic E-state index is 0.0831. The Morgan fingerprint density at radius 1 is 1.13 bits per heavy atom. The van der Waals surface area contributed by atoms with Crippen LogP contribution in [0.3, 0.4) is 0 Å². The van der Waals surface area contributed by atoms with Crippen LogP contribution in [0.4, 0.5) is 35.1 Å². The summed E-state index contributed by atoms with van der Waals surface area (Å²) in [5, 5.41) is 12.1. The quantitative estimate of drug-likeness (QED) is 0.401. The molecule has 0 unspecified atom stereocenters. The van der Waals surface area contributed by atoms with Gasteiger partial charge in [-0.1, -0.05) is 12.1 Å². The third-order valence-corrected chi connectivity index (χ3v) is 7.94. The van der Waals surface area contributed by atoms with Gasteiger partial charge in [0, 0.05) is 35.8 Å². The largest absolute Gasteiger partial charge is 0.430 e. The van der Waals surface area contributed by atoms with E-state index in [0.29, 0.717) is 43.3 Å². The Morgan fingerprint density at radius 2 is 1.77 bits per heavy atom. The van der Waals surface area contributed by atoms with Crippen molar-refractivity contribution in [1.82, 2.24) is 15.2 Å². The number of thiazole rings is 1. The van der Waals surface area contributed by atoms with Gasteiger partial charge in [-0.2, -0.15) is 26.3 Å². The summed E-state index contributed by atoms with van der Waals surface area (Å²) in [6, 6.07) is 0.440. The summed E-state index contributed by atoms with van der Waals surface area (Å²) in [4.78, 5) is 31.2. The Bertz CT molecular complexity index is 1240. The lowest BCUT2D eigenvalue weighted by Crippen LogP contribution is -2.54. The van der Waals surface area contributed by atoms with Crippen molar-refractivity contribution in [2.45, 2.75) is 63.0 Å². The topological polar surface area (TPSA) is 82.5 Å². The second-order valence-corrected chi connectivity index (χ2v) is 10.6. The Kier molecular flexibility index (Phi) is 7.71. The molecule has 214 valence electrons. The number of rotatable bonds is 7. The number of alkyl halides is 8. The zero-order valence-corrected chi connectivity index (χ0v) is 21.1. The standard InChI is InChI=1S/C24H23F8N3O3S/c1-11-3-2-8-35(11)21(37)16-17(39-20(34-16)19(36)33-10-12-4-5-12)14-7-6-13(9-15(14)18(25)26)22(38,23(27,28)29)24(30,31)32/h6-7,9,11-12,18,38H,2-5,8,10H2,1H3,(H,33,36)/t11-/m0/s1. The number of halogens is 8. The molecule has 1 saturated carbocycles. The number of carbonyl (C=O) groups is 2. The first-order chi connectivity index (χ1) is 18.1. The van der Waals surface area contributed by atoms with E-state index >= 15 is 0 Å². The van der Waals surface area contributed by atoms with Gasteiger partial charge in [-0.25, -0.2) is 13.8 Å². The van der Waals surface area contributed by atoms with Gasteiger partial charge in [-0.3, -0.25) is 9.59 Å². The van der Waals surface area contributed by atoms with Crippen molar-refractivity contribution in [1.29, 1.82) is 0 Å². The second kappa shape index (κ2) is 10.3. The molecule has 1 aliphatic heterocycles. The van der Waals surface area contributed by atoms with Crippen LogP contribution in [0.5, 0.6) is 0 Å². The molecule has 0 bridgehead atoms. The van der Waals surface area contributed by atoms with Crippen molar-refractivity contribution in [3.8, 4) is 10.4 Å². The van der Waals surface area contributed by atoms with Crippen LogP contribution in [0.2, 0.25) is 0 Å².